The molecule has 6 aromatic rings. The number of nitrogens with zero attached hydrogens (tertiary/aromatic N) is 4. The lowest BCUT2D eigenvalue weighted by molar-refractivity contribution is 0.317. The van der Waals surface area contributed by atoms with Crippen LogP contribution in [-0.2, 0) is 0 Å². The van der Waals surface area contributed by atoms with Crippen LogP contribution in [0.2, 0.25) is 0 Å². The predicted molar refractivity (Wildman–Crippen MR) is 255 cm³/mol. The summed E-state index contributed by atoms with van der Waals surface area (Å²) in [6.07, 6.45) is 4.70. The van der Waals surface area contributed by atoms with Crippen LogP contribution in [0, 0.1) is 13.8 Å². The Kier molecular flexibility index (Phi) is 14.9. The van der Waals surface area contributed by atoms with E-state index in [9.17, 15) is 0 Å². The van der Waals surface area contributed by atoms with E-state index in [-0.39, 0.29) is 35.9 Å². The summed E-state index contributed by atoms with van der Waals surface area (Å²) in [5.41, 5.74) is 12.2. The Morgan fingerprint density at radius 3 is 1.14 bits per heavy atom. The lowest BCUT2D eigenvalue weighted by atomic mass is 9.98. The lowest BCUT2D eigenvalue weighted by Crippen LogP contribution is -2.49. The van der Waals surface area contributed by atoms with Gasteiger partial charge in [0, 0.05) is 82.6 Å². The Bertz CT molecular complexity index is 2060. The molecule has 2 aromatic heterocycles. The summed E-state index contributed by atoms with van der Waals surface area (Å²) >= 11 is 0. The number of anilines is 2. The zero-order chi connectivity index (χ0) is 39.5. The first-order valence-corrected chi connectivity index (χ1v) is 20.8. The van der Waals surface area contributed by atoms with Gasteiger partial charge in [0.05, 0.1) is 22.4 Å². The molecule has 0 saturated carbocycles. The molecule has 308 valence electrons. The van der Waals surface area contributed by atoms with Gasteiger partial charge in [0.15, 0.2) is 0 Å². The zero-order valence-corrected chi connectivity index (χ0v) is 37.4. The Morgan fingerprint density at radius 2 is 0.810 bits per heavy atom. The molecule has 0 aliphatic carbocycles. The van der Waals surface area contributed by atoms with E-state index in [0.29, 0.717) is 12.1 Å². The van der Waals surface area contributed by atoms with Crippen molar-refractivity contribution in [2.75, 3.05) is 36.0 Å². The van der Waals surface area contributed by atoms with Gasteiger partial charge in [-0.2, -0.15) is 0 Å². The molecule has 8 heteroatoms. The van der Waals surface area contributed by atoms with Crippen molar-refractivity contribution in [2.24, 2.45) is 0 Å². The Hall–Kier alpha value is -4.20. The van der Waals surface area contributed by atoms with Crippen molar-refractivity contribution in [1.29, 1.82) is 0 Å². The number of nitrogens with one attached hydrogen (secondary N) is 2. The van der Waals surface area contributed by atoms with Gasteiger partial charge < -0.3 is 20.4 Å². The molecule has 4 heterocycles. The minimum Gasteiger partial charge on any atom is -0.371 e. The van der Waals surface area contributed by atoms with Crippen LogP contribution in [0.3, 0.4) is 0 Å². The van der Waals surface area contributed by atoms with E-state index in [1.165, 1.54) is 70.1 Å². The molecule has 2 N–H and O–H groups in total. The smallest absolute Gasteiger partial charge is 0.0730 e. The molecule has 0 radical (unpaired) electrons. The van der Waals surface area contributed by atoms with Crippen molar-refractivity contribution in [1.82, 2.24) is 20.6 Å². The number of hydrogen-bond acceptors (Lipinski definition) is 6. The molecule has 8 rings (SSSR count). The van der Waals surface area contributed by atoms with Crippen LogP contribution >= 0.6 is 24.8 Å². The molecule has 0 atom stereocenters. The summed E-state index contributed by atoms with van der Waals surface area (Å²) in [5, 5.41) is 10.0. The van der Waals surface area contributed by atoms with E-state index in [1.54, 1.807) is 0 Å². The third-order valence-corrected chi connectivity index (χ3v) is 11.0. The molecule has 0 bridgehead atoms. The Morgan fingerprint density at radius 1 is 0.483 bits per heavy atom. The van der Waals surface area contributed by atoms with Gasteiger partial charge in [-0.3, -0.25) is 0 Å². The number of benzene rings is 4. The van der Waals surface area contributed by atoms with Crippen molar-refractivity contribution in [2.45, 2.75) is 104 Å². The molecular formula is C50H64Cl2N6. The Balaban J connectivity index is 0.000000214. The average Bonchev–Trinajstić information content (AvgIpc) is 3.17. The number of aromatic nitrogens is 2. The van der Waals surface area contributed by atoms with Crippen molar-refractivity contribution < 1.29 is 0 Å². The largest absolute Gasteiger partial charge is 0.371 e. The maximum atomic E-state index is 4.96. The fourth-order valence-electron chi connectivity index (χ4n) is 8.34. The molecule has 0 unspecified atom stereocenters. The van der Waals surface area contributed by atoms with Crippen molar-refractivity contribution in [3.63, 3.8) is 0 Å². The summed E-state index contributed by atoms with van der Waals surface area (Å²) in [6, 6.07) is 40.2. The van der Waals surface area contributed by atoms with Crippen LogP contribution in [0.1, 0.15) is 78.4 Å². The zero-order valence-electron chi connectivity index (χ0n) is 35.8. The van der Waals surface area contributed by atoms with Gasteiger partial charge >= 0.3 is 0 Å². The van der Waals surface area contributed by atoms with Crippen molar-refractivity contribution in [3.05, 3.63) is 120 Å². The molecule has 4 aromatic carbocycles. The Labute approximate surface area is 360 Å². The number of aryl methyl sites for hydroxylation is 2. The molecular weight excluding hydrogens is 755 g/mol. The summed E-state index contributed by atoms with van der Waals surface area (Å²) in [5.74, 6) is 0. The third kappa shape index (κ3) is 11.5. The number of fused-ring (bicyclic) bond motifs is 2. The first kappa shape index (κ1) is 44.9. The minimum absolute atomic E-state index is 0. The number of para-hydroxylation sites is 2. The van der Waals surface area contributed by atoms with Crippen LogP contribution in [0.15, 0.2) is 109 Å². The molecule has 2 aliphatic rings. The predicted octanol–water partition coefficient (Wildman–Crippen LogP) is 12.0. The highest BCUT2D eigenvalue weighted by molar-refractivity contribution is 5.95. The van der Waals surface area contributed by atoms with E-state index in [2.05, 4.69) is 185 Å². The molecule has 2 saturated heterocycles. The van der Waals surface area contributed by atoms with Gasteiger partial charge in [-0.15, -0.1) is 24.8 Å². The van der Waals surface area contributed by atoms with E-state index in [1.807, 2.05) is 0 Å². The van der Waals surface area contributed by atoms with Crippen LogP contribution in [0.4, 0.5) is 11.4 Å². The lowest BCUT2D eigenvalue weighted by Gasteiger charge is -2.37. The quantitative estimate of drug-likeness (QED) is 0.175. The summed E-state index contributed by atoms with van der Waals surface area (Å²) < 4.78 is 0. The van der Waals surface area contributed by atoms with E-state index in [0.717, 1.165) is 48.6 Å². The third-order valence-electron chi connectivity index (χ3n) is 11.0. The fraction of sp³-hybridized carbons (Fsp3) is 0.400. The minimum atomic E-state index is 0. The second-order valence-electron chi connectivity index (χ2n) is 18.1. The van der Waals surface area contributed by atoms with Crippen LogP contribution in [0.5, 0.6) is 0 Å². The summed E-state index contributed by atoms with van der Waals surface area (Å²) in [7, 11) is 0. The fourth-order valence-corrected chi connectivity index (χ4v) is 8.34. The van der Waals surface area contributed by atoms with Gasteiger partial charge in [-0.25, -0.2) is 9.97 Å². The highest BCUT2D eigenvalue weighted by Crippen LogP contribution is 2.34. The molecule has 0 spiro atoms. The first-order valence-electron chi connectivity index (χ1n) is 20.8. The first-order chi connectivity index (χ1) is 26.8. The van der Waals surface area contributed by atoms with Gasteiger partial charge in [0.25, 0.3) is 0 Å². The standard InChI is InChI=1S/2C25H31N3.2ClH/c2*1-18-9-11-19(12-10-18)23-17-24(21-7-5-6-8-22(21)26-23)28-15-13-20(14-16-28)27-25(2,3)4;;/h2*5-12,17,20,27H,13-16H2,1-4H3;2*1H. The number of rotatable bonds is 6. The number of hydrogen-bond donors (Lipinski definition) is 2. The maximum Gasteiger partial charge on any atom is 0.0730 e. The average molecular weight is 820 g/mol. The van der Waals surface area contributed by atoms with Crippen LogP contribution in [-0.4, -0.2) is 59.3 Å². The molecule has 6 nitrogen and oxygen atoms in total. The molecule has 0 amide bonds. The van der Waals surface area contributed by atoms with Crippen LogP contribution < -0.4 is 20.4 Å². The maximum absolute atomic E-state index is 4.96. The summed E-state index contributed by atoms with van der Waals surface area (Å²) in [6.45, 7) is 22.1. The van der Waals surface area contributed by atoms with Gasteiger partial charge in [-0.05, 0) is 105 Å². The topological polar surface area (TPSA) is 56.3 Å². The van der Waals surface area contributed by atoms with Gasteiger partial charge in [0.1, 0.15) is 0 Å². The highest BCUT2D eigenvalue weighted by atomic mass is 35.5. The molecule has 2 fully saturated rings. The van der Waals surface area contributed by atoms with E-state index in [4.69, 9.17) is 9.97 Å². The SMILES string of the molecule is Cc1ccc(-c2cc(N3CCC(NC(C)(C)C)CC3)c3ccccc3n2)cc1.Cc1ccc(-c2cc(N3CCC(NC(C)(C)C)CC3)c3ccccc3n2)cc1.Cl.Cl. The van der Waals surface area contributed by atoms with E-state index >= 15 is 0 Å². The van der Waals surface area contributed by atoms with Crippen LogP contribution in [0.25, 0.3) is 44.3 Å². The highest BCUT2D eigenvalue weighted by Gasteiger charge is 2.26. The number of pyridine rings is 2. The van der Waals surface area contributed by atoms with Gasteiger partial charge in [0.2, 0.25) is 0 Å². The van der Waals surface area contributed by atoms with E-state index < -0.39 is 0 Å². The molecule has 58 heavy (non-hydrogen) atoms. The molecule has 2 aliphatic heterocycles. The monoisotopic (exact) mass is 818 g/mol. The second kappa shape index (κ2) is 19.2. The van der Waals surface area contributed by atoms with Crippen molar-refractivity contribution >= 4 is 58.0 Å². The second-order valence-corrected chi connectivity index (χ2v) is 18.1. The van der Waals surface area contributed by atoms with Gasteiger partial charge in [-0.1, -0.05) is 96.1 Å². The van der Waals surface area contributed by atoms with Crippen molar-refractivity contribution in [3.8, 4) is 22.5 Å². The summed E-state index contributed by atoms with van der Waals surface area (Å²) in [4.78, 5) is 15.0. The normalized spacial score (nSPS) is 15.4. The number of piperidine rings is 2. The number of halogens is 2.